The highest BCUT2D eigenvalue weighted by Crippen LogP contribution is 2.24. The number of carbonyl (C=O) groups is 1. The number of carbonyl (C=O) groups excluding carboxylic acids is 1. The zero-order chi connectivity index (χ0) is 6.85. The van der Waals surface area contributed by atoms with Gasteiger partial charge in [0.25, 0.3) is 0 Å². The summed E-state index contributed by atoms with van der Waals surface area (Å²) in [6.07, 6.45) is 1.77. The fraction of sp³-hybridized carbons (Fsp3) is 0.833. The summed E-state index contributed by atoms with van der Waals surface area (Å²) in [6.45, 7) is 0. The molecule has 2 atom stereocenters. The van der Waals surface area contributed by atoms with E-state index in [4.69, 9.17) is 10.8 Å². The van der Waals surface area contributed by atoms with Crippen molar-refractivity contribution in [2.45, 2.75) is 25.4 Å². The molecule has 0 aromatic carbocycles. The van der Waals surface area contributed by atoms with Crippen LogP contribution in [0.25, 0.3) is 0 Å². The molecule has 0 unspecified atom stereocenters. The van der Waals surface area contributed by atoms with E-state index >= 15 is 0 Å². The number of primary amides is 1. The van der Waals surface area contributed by atoms with Crippen molar-refractivity contribution in [1.82, 2.24) is 0 Å². The van der Waals surface area contributed by atoms with Crippen LogP contribution in [0, 0.1) is 5.92 Å². The molecule has 3 nitrogen and oxygen atoms in total. The van der Waals surface area contributed by atoms with Crippen LogP contribution in [0.2, 0.25) is 0 Å². The number of hydrogen-bond donors (Lipinski definition) is 2. The first kappa shape index (κ1) is 6.55. The molecule has 0 radical (unpaired) electrons. The average Bonchev–Trinajstić information content (AvgIpc) is 2.14. The second-order valence-electron chi connectivity index (χ2n) is 2.57. The number of hydrogen-bond acceptors (Lipinski definition) is 2. The maximum atomic E-state index is 10.5. The molecule has 3 N–H and O–H groups in total. The Hall–Kier alpha value is -0.570. The third-order valence-electron chi connectivity index (χ3n) is 1.81. The molecule has 0 heterocycles. The summed E-state index contributed by atoms with van der Waals surface area (Å²) in [5.41, 5.74) is 5.01. The van der Waals surface area contributed by atoms with Crippen LogP contribution in [0.15, 0.2) is 0 Å². The summed E-state index contributed by atoms with van der Waals surface area (Å²) >= 11 is 0. The molecule has 1 aliphatic rings. The third-order valence-corrected chi connectivity index (χ3v) is 1.81. The van der Waals surface area contributed by atoms with E-state index in [1.165, 1.54) is 0 Å². The Morgan fingerprint density at radius 1 is 1.56 bits per heavy atom. The van der Waals surface area contributed by atoms with E-state index in [0.717, 1.165) is 12.8 Å². The average molecular weight is 129 g/mol. The fourth-order valence-corrected chi connectivity index (χ4v) is 1.22. The molecular weight excluding hydrogens is 118 g/mol. The number of nitrogens with two attached hydrogens (primary N) is 1. The molecule has 0 aromatic heterocycles. The van der Waals surface area contributed by atoms with Crippen molar-refractivity contribution >= 4 is 5.91 Å². The van der Waals surface area contributed by atoms with Crippen LogP contribution in [-0.2, 0) is 4.79 Å². The minimum Gasteiger partial charge on any atom is -0.393 e. The lowest BCUT2D eigenvalue weighted by molar-refractivity contribution is -0.121. The molecule has 0 spiro atoms. The van der Waals surface area contributed by atoms with E-state index < -0.39 is 0 Å². The van der Waals surface area contributed by atoms with Gasteiger partial charge in [-0.3, -0.25) is 4.79 Å². The standard InChI is InChI=1S/C6H11NO2/c7-6(9)4-1-2-5(8)3-4/h4-5,8H,1-3H2,(H2,7,9)/t4-,5-/m1/s1. The van der Waals surface area contributed by atoms with Gasteiger partial charge < -0.3 is 10.8 Å². The van der Waals surface area contributed by atoms with Crippen LogP contribution < -0.4 is 5.73 Å². The zero-order valence-electron chi connectivity index (χ0n) is 5.21. The minimum atomic E-state index is -0.289. The van der Waals surface area contributed by atoms with Gasteiger partial charge in [-0.05, 0) is 19.3 Å². The molecule has 1 rings (SSSR count). The SMILES string of the molecule is NC(=O)[C@@H]1CC[C@@H](O)C1. The van der Waals surface area contributed by atoms with Crippen molar-refractivity contribution < 1.29 is 9.90 Å². The molecule has 0 saturated heterocycles. The molecule has 3 heteroatoms. The summed E-state index contributed by atoms with van der Waals surface area (Å²) in [5, 5.41) is 8.94. The number of aliphatic hydroxyl groups excluding tert-OH is 1. The molecule has 0 aliphatic heterocycles. The monoisotopic (exact) mass is 129 g/mol. The van der Waals surface area contributed by atoms with Gasteiger partial charge in [-0.2, -0.15) is 0 Å². The summed E-state index contributed by atoms with van der Waals surface area (Å²) in [7, 11) is 0. The van der Waals surface area contributed by atoms with Gasteiger partial charge in [0.15, 0.2) is 0 Å². The smallest absolute Gasteiger partial charge is 0.220 e. The van der Waals surface area contributed by atoms with Crippen molar-refractivity contribution in [3.05, 3.63) is 0 Å². The van der Waals surface area contributed by atoms with Crippen LogP contribution in [0.5, 0.6) is 0 Å². The van der Waals surface area contributed by atoms with Crippen molar-refractivity contribution in [3.63, 3.8) is 0 Å². The van der Waals surface area contributed by atoms with Crippen LogP contribution in [-0.4, -0.2) is 17.1 Å². The van der Waals surface area contributed by atoms with Crippen molar-refractivity contribution in [2.75, 3.05) is 0 Å². The van der Waals surface area contributed by atoms with Gasteiger partial charge in [0.1, 0.15) is 0 Å². The summed E-state index contributed by atoms with van der Waals surface area (Å²) in [5.74, 6) is -0.341. The molecule has 9 heavy (non-hydrogen) atoms. The van der Waals surface area contributed by atoms with E-state index in [0.29, 0.717) is 6.42 Å². The lowest BCUT2D eigenvalue weighted by Crippen LogP contribution is -2.21. The highest BCUT2D eigenvalue weighted by atomic mass is 16.3. The maximum absolute atomic E-state index is 10.5. The van der Waals surface area contributed by atoms with Gasteiger partial charge in [0.2, 0.25) is 5.91 Å². The predicted molar refractivity (Wildman–Crippen MR) is 32.5 cm³/mol. The molecule has 0 aromatic rings. The number of aliphatic hydroxyl groups is 1. The maximum Gasteiger partial charge on any atom is 0.220 e. The normalized spacial score (nSPS) is 34.8. The lowest BCUT2D eigenvalue weighted by Gasteiger charge is -2.00. The molecular formula is C6H11NO2. The van der Waals surface area contributed by atoms with E-state index in [2.05, 4.69) is 0 Å². The second-order valence-corrected chi connectivity index (χ2v) is 2.57. The number of rotatable bonds is 1. The van der Waals surface area contributed by atoms with Crippen LogP contribution in [0.3, 0.4) is 0 Å². The van der Waals surface area contributed by atoms with E-state index in [-0.39, 0.29) is 17.9 Å². The molecule has 1 aliphatic carbocycles. The Kier molecular flexibility index (Phi) is 1.71. The Balaban J connectivity index is 2.39. The number of amides is 1. The van der Waals surface area contributed by atoms with Gasteiger partial charge >= 0.3 is 0 Å². The first-order chi connectivity index (χ1) is 4.20. The summed E-state index contributed by atoms with van der Waals surface area (Å²) in [4.78, 5) is 10.5. The quantitative estimate of drug-likeness (QED) is 0.507. The summed E-state index contributed by atoms with van der Waals surface area (Å²) < 4.78 is 0. The largest absolute Gasteiger partial charge is 0.393 e. The molecule has 1 saturated carbocycles. The van der Waals surface area contributed by atoms with Gasteiger partial charge in [-0.25, -0.2) is 0 Å². The highest BCUT2D eigenvalue weighted by Gasteiger charge is 2.26. The van der Waals surface area contributed by atoms with Crippen molar-refractivity contribution in [2.24, 2.45) is 11.7 Å². The lowest BCUT2D eigenvalue weighted by atomic mass is 10.1. The molecule has 1 amide bonds. The molecule has 1 fully saturated rings. The summed E-state index contributed by atoms with van der Waals surface area (Å²) in [6, 6.07) is 0. The third kappa shape index (κ3) is 1.42. The van der Waals surface area contributed by atoms with E-state index in [1.54, 1.807) is 0 Å². The molecule has 0 bridgehead atoms. The zero-order valence-corrected chi connectivity index (χ0v) is 5.21. The van der Waals surface area contributed by atoms with Crippen molar-refractivity contribution in [3.8, 4) is 0 Å². The Labute approximate surface area is 53.9 Å². The van der Waals surface area contributed by atoms with Crippen LogP contribution >= 0.6 is 0 Å². The van der Waals surface area contributed by atoms with Gasteiger partial charge in [-0.1, -0.05) is 0 Å². The minimum absolute atomic E-state index is 0.0694. The van der Waals surface area contributed by atoms with Crippen molar-refractivity contribution in [1.29, 1.82) is 0 Å². The first-order valence-electron chi connectivity index (χ1n) is 3.17. The van der Waals surface area contributed by atoms with Crippen LogP contribution in [0.1, 0.15) is 19.3 Å². The van der Waals surface area contributed by atoms with Crippen LogP contribution in [0.4, 0.5) is 0 Å². The fourth-order valence-electron chi connectivity index (χ4n) is 1.22. The Bertz CT molecular complexity index is 124. The second kappa shape index (κ2) is 2.35. The predicted octanol–water partition coefficient (Wildman–Crippen LogP) is -0.367. The topological polar surface area (TPSA) is 63.3 Å². The van der Waals surface area contributed by atoms with E-state index in [1.807, 2.05) is 0 Å². The van der Waals surface area contributed by atoms with Gasteiger partial charge in [0, 0.05) is 5.92 Å². The highest BCUT2D eigenvalue weighted by molar-refractivity contribution is 5.76. The van der Waals surface area contributed by atoms with E-state index in [9.17, 15) is 4.79 Å². The molecule has 52 valence electrons. The Morgan fingerprint density at radius 2 is 2.22 bits per heavy atom. The van der Waals surface area contributed by atoms with Gasteiger partial charge in [0.05, 0.1) is 6.10 Å². The van der Waals surface area contributed by atoms with Gasteiger partial charge in [-0.15, -0.1) is 0 Å². The first-order valence-corrected chi connectivity index (χ1v) is 3.17. The Morgan fingerprint density at radius 3 is 2.44 bits per heavy atom.